The normalized spacial score (nSPS) is 15.9. The van der Waals surface area contributed by atoms with Crippen molar-refractivity contribution < 1.29 is 19.1 Å². The summed E-state index contributed by atoms with van der Waals surface area (Å²) >= 11 is 0. The summed E-state index contributed by atoms with van der Waals surface area (Å²) in [6, 6.07) is 7.53. The number of carbonyl (C=O) groups is 2. The number of carbonyl (C=O) groups excluding carboxylic acids is 2. The molecule has 1 atom stereocenters. The first-order valence-corrected chi connectivity index (χ1v) is 11.7. The van der Waals surface area contributed by atoms with Gasteiger partial charge in [-0.05, 0) is 62.6 Å². The molecule has 0 fully saturated rings. The molecule has 0 unspecified atom stereocenters. The monoisotopic (exact) mass is 441 g/mol. The molecule has 1 aromatic carbocycles. The van der Waals surface area contributed by atoms with Gasteiger partial charge in [0.05, 0.1) is 17.9 Å². The summed E-state index contributed by atoms with van der Waals surface area (Å²) in [5.41, 5.74) is 4.31. The number of hydrogen-bond donors (Lipinski definition) is 1. The zero-order chi connectivity index (χ0) is 22.9. The van der Waals surface area contributed by atoms with Crippen LogP contribution in [-0.4, -0.2) is 48.0 Å². The van der Waals surface area contributed by atoms with Crippen LogP contribution in [0.25, 0.3) is 0 Å². The number of esters is 1. The smallest absolute Gasteiger partial charge is 0.338 e. The van der Waals surface area contributed by atoms with E-state index in [1.54, 1.807) is 4.68 Å². The fourth-order valence-corrected chi connectivity index (χ4v) is 3.94. The Morgan fingerprint density at radius 1 is 1.22 bits per heavy atom. The van der Waals surface area contributed by atoms with E-state index in [1.165, 1.54) is 5.56 Å². The van der Waals surface area contributed by atoms with Crippen molar-refractivity contribution in [1.82, 2.24) is 15.1 Å². The van der Waals surface area contributed by atoms with Gasteiger partial charge in [0.25, 0.3) is 5.91 Å². The molecule has 0 radical (unpaired) electrons. The van der Waals surface area contributed by atoms with Crippen molar-refractivity contribution in [2.45, 2.75) is 59.4 Å². The fraction of sp³-hybridized carbons (Fsp3) is 0.560. The van der Waals surface area contributed by atoms with Crippen molar-refractivity contribution in [3.8, 4) is 0 Å². The maximum atomic E-state index is 12.8. The fourth-order valence-electron chi connectivity index (χ4n) is 3.94. The van der Waals surface area contributed by atoms with Crippen LogP contribution < -0.4 is 5.32 Å². The van der Waals surface area contributed by atoms with E-state index in [0.717, 1.165) is 36.9 Å². The summed E-state index contributed by atoms with van der Waals surface area (Å²) < 4.78 is 13.0. The highest BCUT2D eigenvalue weighted by Crippen LogP contribution is 2.21. The zero-order valence-electron chi connectivity index (χ0n) is 19.5. The largest absolute Gasteiger partial charge is 0.462 e. The molecular formula is C25H35N3O4. The van der Waals surface area contributed by atoms with Crippen LogP contribution in [0.1, 0.15) is 71.3 Å². The minimum Gasteiger partial charge on any atom is -0.462 e. The van der Waals surface area contributed by atoms with E-state index in [2.05, 4.69) is 12.2 Å². The lowest BCUT2D eigenvalue weighted by Gasteiger charge is -2.12. The van der Waals surface area contributed by atoms with Gasteiger partial charge in [0, 0.05) is 31.9 Å². The van der Waals surface area contributed by atoms with Gasteiger partial charge in [-0.3, -0.25) is 9.48 Å². The molecule has 0 bridgehead atoms. The Labute approximate surface area is 190 Å². The second kappa shape index (κ2) is 11.8. The minimum atomic E-state index is -0.311. The Hall–Kier alpha value is -2.67. The Bertz CT molecular complexity index is 905. The highest BCUT2D eigenvalue weighted by atomic mass is 16.5. The van der Waals surface area contributed by atoms with Gasteiger partial charge in [-0.2, -0.15) is 5.10 Å². The first-order valence-electron chi connectivity index (χ1n) is 11.7. The summed E-state index contributed by atoms with van der Waals surface area (Å²) in [6.45, 7) is 8.97. The van der Waals surface area contributed by atoms with E-state index in [4.69, 9.17) is 14.6 Å². The summed E-state index contributed by atoms with van der Waals surface area (Å²) in [7, 11) is 0. The number of fused-ring (bicyclic) bond motifs is 1. The van der Waals surface area contributed by atoms with E-state index < -0.39 is 0 Å². The van der Waals surface area contributed by atoms with Gasteiger partial charge in [0.1, 0.15) is 5.69 Å². The highest BCUT2D eigenvalue weighted by Gasteiger charge is 2.24. The molecule has 7 heteroatoms. The Kier molecular flexibility index (Phi) is 8.85. The molecule has 2 heterocycles. The van der Waals surface area contributed by atoms with Crippen molar-refractivity contribution in [1.29, 1.82) is 0 Å². The van der Waals surface area contributed by atoms with Crippen LogP contribution in [-0.2, 0) is 35.3 Å². The number of hydrogen-bond acceptors (Lipinski definition) is 5. The summed E-state index contributed by atoms with van der Waals surface area (Å²) in [5.74, 6) is -0.304. The zero-order valence-corrected chi connectivity index (χ0v) is 19.5. The molecule has 0 aliphatic carbocycles. The SMILES string of the molecule is CCc1ccc(C(=O)OC[C@H](C)Cc2nn(CC)c3c2CCCOCCCNC3=O)cc1. The maximum Gasteiger partial charge on any atom is 0.338 e. The first kappa shape index (κ1) is 24.0. The van der Waals surface area contributed by atoms with Gasteiger partial charge < -0.3 is 14.8 Å². The molecule has 7 nitrogen and oxygen atoms in total. The third-order valence-electron chi connectivity index (χ3n) is 5.75. The number of rotatable bonds is 7. The molecule has 2 aromatic rings. The van der Waals surface area contributed by atoms with Gasteiger partial charge in [-0.25, -0.2) is 4.79 Å². The molecule has 3 rings (SSSR count). The maximum absolute atomic E-state index is 12.8. The van der Waals surface area contributed by atoms with E-state index in [9.17, 15) is 9.59 Å². The molecule has 1 aliphatic rings. The van der Waals surface area contributed by atoms with Gasteiger partial charge >= 0.3 is 5.97 Å². The van der Waals surface area contributed by atoms with Crippen LogP contribution in [0.2, 0.25) is 0 Å². The van der Waals surface area contributed by atoms with Crippen LogP contribution in [0.4, 0.5) is 0 Å². The second-order valence-electron chi connectivity index (χ2n) is 8.37. The Morgan fingerprint density at radius 3 is 2.69 bits per heavy atom. The van der Waals surface area contributed by atoms with Crippen LogP contribution in [0.3, 0.4) is 0 Å². The molecule has 0 saturated heterocycles. The minimum absolute atomic E-state index is 0.0721. The average Bonchev–Trinajstić information content (AvgIpc) is 3.14. The topological polar surface area (TPSA) is 82.4 Å². The van der Waals surface area contributed by atoms with Gasteiger partial charge in [0.2, 0.25) is 0 Å². The number of benzene rings is 1. The van der Waals surface area contributed by atoms with E-state index in [0.29, 0.717) is 50.6 Å². The average molecular weight is 442 g/mol. The van der Waals surface area contributed by atoms with E-state index in [-0.39, 0.29) is 17.8 Å². The molecule has 0 spiro atoms. The second-order valence-corrected chi connectivity index (χ2v) is 8.37. The predicted octanol–water partition coefficient (Wildman–Crippen LogP) is 3.58. The molecule has 0 saturated carbocycles. The van der Waals surface area contributed by atoms with Crippen molar-refractivity contribution in [2.24, 2.45) is 5.92 Å². The number of ether oxygens (including phenoxy) is 2. The molecule has 1 aliphatic heterocycles. The first-order chi connectivity index (χ1) is 15.5. The van der Waals surface area contributed by atoms with Crippen LogP contribution in [0, 0.1) is 5.92 Å². The third kappa shape index (κ3) is 6.19. The Morgan fingerprint density at radius 2 is 1.97 bits per heavy atom. The quantitative estimate of drug-likeness (QED) is 0.664. The summed E-state index contributed by atoms with van der Waals surface area (Å²) in [6.07, 6.45) is 3.97. The summed E-state index contributed by atoms with van der Waals surface area (Å²) in [4.78, 5) is 25.3. The standard InChI is InChI=1S/C25H35N3O4/c1-4-19-9-11-20(12-10-19)25(30)32-17-18(3)16-22-21-8-6-14-31-15-7-13-26-24(29)23(21)28(5-2)27-22/h9-12,18H,4-8,13-17H2,1-3H3,(H,26,29)/t18-/m1/s1. The van der Waals surface area contributed by atoms with Crippen molar-refractivity contribution in [2.75, 3.05) is 26.4 Å². The molecule has 174 valence electrons. The molecular weight excluding hydrogens is 406 g/mol. The number of aryl methyl sites for hydroxylation is 2. The van der Waals surface area contributed by atoms with Crippen molar-refractivity contribution >= 4 is 11.9 Å². The molecule has 32 heavy (non-hydrogen) atoms. The van der Waals surface area contributed by atoms with Gasteiger partial charge in [-0.1, -0.05) is 26.0 Å². The lowest BCUT2D eigenvalue weighted by atomic mass is 9.99. The van der Waals surface area contributed by atoms with E-state index >= 15 is 0 Å². The van der Waals surface area contributed by atoms with Gasteiger partial charge in [-0.15, -0.1) is 0 Å². The number of aromatic nitrogens is 2. The lowest BCUT2D eigenvalue weighted by molar-refractivity contribution is 0.0448. The van der Waals surface area contributed by atoms with E-state index in [1.807, 2.05) is 38.1 Å². The number of amides is 1. The van der Waals surface area contributed by atoms with Gasteiger partial charge in [0.15, 0.2) is 0 Å². The van der Waals surface area contributed by atoms with Crippen LogP contribution >= 0.6 is 0 Å². The summed E-state index contributed by atoms with van der Waals surface area (Å²) in [5, 5.41) is 7.74. The van der Waals surface area contributed by atoms with Crippen molar-refractivity contribution in [3.05, 3.63) is 52.3 Å². The highest BCUT2D eigenvalue weighted by molar-refractivity contribution is 5.94. The number of nitrogens with zero attached hydrogens (tertiary/aromatic N) is 2. The van der Waals surface area contributed by atoms with Crippen molar-refractivity contribution in [3.63, 3.8) is 0 Å². The molecule has 1 amide bonds. The predicted molar refractivity (Wildman–Crippen MR) is 123 cm³/mol. The molecule has 1 aromatic heterocycles. The molecule has 1 N–H and O–H groups in total. The van der Waals surface area contributed by atoms with Crippen LogP contribution in [0.15, 0.2) is 24.3 Å². The van der Waals surface area contributed by atoms with Crippen LogP contribution in [0.5, 0.6) is 0 Å². The lowest BCUT2D eigenvalue weighted by Crippen LogP contribution is -2.28. The Balaban J connectivity index is 1.68. The number of nitrogens with one attached hydrogen (secondary N) is 1. The third-order valence-corrected chi connectivity index (χ3v) is 5.75.